The zero-order valence-corrected chi connectivity index (χ0v) is 12.6. The zero-order valence-electron chi connectivity index (χ0n) is 11.8. The number of hydrogen-bond acceptors (Lipinski definition) is 2. The lowest BCUT2D eigenvalue weighted by atomic mass is 10.0. The minimum atomic E-state index is -0.229. The fraction of sp³-hybridized carbons (Fsp3) is 0.294. The Morgan fingerprint density at radius 1 is 1.14 bits per heavy atom. The molecule has 1 N–H and O–H groups in total. The van der Waals surface area contributed by atoms with E-state index >= 15 is 0 Å². The molecule has 4 heteroatoms. The summed E-state index contributed by atoms with van der Waals surface area (Å²) in [6.45, 7) is 2.05. The Labute approximate surface area is 127 Å². The van der Waals surface area contributed by atoms with Gasteiger partial charge in [-0.15, -0.1) is 11.8 Å². The molecule has 2 aromatic carbocycles. The lowest BCUT2D eigenvalue weighted by Crippen LogP contribution is -2.27. The summed E-state index contributed by atoms with van der Waals surface area (Å²) >= 11 is 1.58. The predicted octanol–water partition coefficient (Wildman–Crippen LogP) is 4.85. The summed E-state index contributed by atoms with van der Waals surface area (Å²) in [6.07, 6.45) is 0.965. The van der Waals surface area contributed by atoms with Gasteiger partial charge in [0, 0.05) is 17.0 Å². The van der Waals surface area contributed by atoms with E-state index in [0.29, 0.717) is 0 Å². The fourth-order valence-corrected chi connectivity index (χ4v) is 3.85. The van der Waals surface area contributed by atoms with E-state index in [1.165, 1.54) is 18.2 Å². The SMILES string of the molecule is C[C@@H](NC1CCSc2c(F)cccc21)c1ccc(F)cc1. The molecule has 3 rings (SSSR count). The summed E-state index contributed by atoms with van der Waals surface area (Å²) in [4.78, 5) is 0.757. The van der Waals surface area contributed by atoms with E-state index in [9.17, 15) is 8.78 Å². The van der Waals surface area contributed by atoms with Crippen LogP contribution in [0.15, 0.2) is 47.4 Å². The summed E-state index contributed by atoms with van der Waals surface area (Å²) in [5.41, 5.74) is 2.06. The number of rotatable bonds is 3. The van der Waals surface area contributed by atoms with Gasteiger partial charge in [-0.05, 0) is 48.4 Å². The molecule has 1 unspecified atom stereocenters. The molecule has 0 bridgehead atoms. The van der Waals surface area contributed by atoms with E-state index in [1.807, 2.05) is 13.0 Å². The van der Waals surface area contributed by atoms with Gasteiger partial charge in [0.2, 0.25) is 0 Å². The fourth-order valence-electron chi connectivity index (χ4n) is 2.71. The van der Waals surface area contributed by atoms with E-state index in [1.54, 1.807) is 30.0 Å². The Balaban J connectivity index is 1.80. The van der Waals surface area contributed by atoms with Crippen LogP contribution in [0.2, 0.25) is 0 Å². The van der Waals surface area contributed by atoms with Crippen molar-refractivity contribution in [2.24, 2.45) is 0 Å². The molecule has 21 heavy (non-hydrogen) atoms. The van der Waals surface area contributed by atoms with Crippen molar-refractivity contribution < 1.29 is 8.78 Å². The number of halogens is 2. The van der Waals surface area contributed by atoms with Crippen molar-refractivity contribution in [2.45, 2.75) is 30.3 Å². The number of hydrogen-bond donors (Lipinski definition) is 1. The molecule has 0 amide bonds. The molecule has 1 heterocycles. The molecule has 0 radical (unpaired) electrons. The Hall–Kier alpha value is -1.39. The highest BCUT2D eigenvalue weighted by atomic mass is 32.2. The quantitative estimate of drug-likeness (QED) is 0.869. The highest BCUT2D eigenvalue weighted by Crippen LogP contribution is 2.38. The molecule has 1 aliphatic rings. The van der Waals surface area contributed by atoms with Crippen molar-refractivity contribution in [3.63, 3.8) is 0 Å². The zero-order chi connectivity index (χ0) is 14.8. The Morgan fingerprint density at radius 3 is 2.67 bits per heavy atom. The number of fused-ring (bicyclic) bond motifs is 1. The van der Waals surface area contributed by atoms with E-state index in [4.69, 9.17) is 0 Å². The van der Waals surface area contributed by atoms with Crippen LogP contribution < -0.4 is 5.32 Å². The molecule has 0 aliphatic carbocycles. The maximum Gasteiger partial charge on any atom is 0.137 e. The Morgan fingerprint density at radius 2 is 1.90 bits per heavy atom. The van der Waals surface area contributed by atoms with E-state index in [0.717, 1.165) is 28.2 Å². The summed E-state index contributed by atoms with van der Waals surface area (Å²) in [7, 11) is 0. The van der Waals surface area contributed by atoms with Gasteiger partial charge >= 0.3 is 0 Å². The molecule has 1 nitrogen and oxygen atoms in total. The third-order valence-electron chi connectivity index (χ3n) is 3.85. The van der Waals surface area contributed by atoms with Gasteiger partial charge in [0.1, 0.15) is 11.6 Å². The Kier molecular flexibility index (Phi) is 4.27. The molecule has 2 aromatic rings. The first-order valence-corrected chi connectivity index (χ1v) is 8.06. The first-order valence-electron chi connectivity index (χ1n) is 7.08. The molecule has 0 saturated heterocycles. The van der Waals surface area contributed by atoms with Gasteiger partial charge in [-0.25, -0.2) is 8.78 Å². The smallest absolute Gasteiger partial charge is 0.137 e. The highest BCUT2D eigenvalue weighted by Gasteiger charge is 2.24. The first-order chi connectivity index (χ1) is 10.1. The largest absolute Gasteiger partial charge is 0.303 e. The van der Waals surface area contributed by atoms with Crippen molar-refractivity contribution in [3.05, 3.63) is 65.2 Å². The minimum Gasteiger partial charge on any atom is -0.303 e. The van der Waals surface area contributed by atoms with Crippen LogP contribution in [0.4, 0.5) is 8.78 Å². The maximum atomic E-state index is 13.9. The van der Waals surface area contributed by atoms with Gasteiger partial charge < -0.3 is 5.32 Å². The van der Waals surface area contributed by atoms with Crippen LogP contribution in [0.3, 0.4) is 0 Å². The van der Waals surface area contributed by atoms with Gasteiger partial charge in [-0.1, -0.05) is 24.3 Å². The predicted molar refractivity (Wildman–Crippen MR) is 82.4 cm³/mol. The average Bonchev–Trinajstić information content (AvgIpc) is 2.49. The van der Waals surface area contributed by atoms with Gasteiger partial charge in [0.25, 0.3) is 0 Å². The normalized spacial score (nSPS) is 19.1. The van der Waals surface area contributed by atoms with E-state index < -0.39 is 0 Å². The lowest BCUT2D eigenvalue weighted by molar-refractivity contribution is 0.443. The second kappa shape index (κ2) is 6.16. The number of thioether (sulfide) groups is 1. The second-order valence-electron chi connectivity index (χ2n) is 5.29. The standard InChI is InChI=1S/C17H17F2NS/c1-11(12-5-7-13(18)8-6-12)20-16-9-10-21-17-14(16)3-2-4-15(17)19/h2-8,11,16,20H,9-10H2,1H3/t11-,16?/m1/s1. The molecule has 1 aliphatic heterocycles. The monoisotopic (exact) mass is 305 g/mol. The van der Waals surface area contributed by atoms with Crippen LogP contribution in [0.1, 0.15) is 36.6 Å². The lowest BCUT2D eigenvalue weighted by Gasteiger charge is -2.29. The molecule has 0 spiro atoms. The molecule has 2 atom stereocenters. The summed E-state index contributed by atoms with van der Waals surface area (Å²) < 4.78 is 26.8. The van der Waals surface area contributed by atoms with Gasteiger partial charge in [-0.3, -0.25) is 0 Å². The van der Waals surface area contributed by atoms with Crippen LogP contribution in [0, 0.1) is 11.6 Å². The van der Waals surface area contributed by atoms with Crippen LogP contribution in [-0.4, -0.2) is 5.75 Å². The summed E-state index contributed by atoms with van der Waals surface area (Å²) in [6, 6.07) is 12.0. The molecule has 110 valence electrons. The molecule has 0 aromatic heterocycles. The van der Waals surface area contributed by atoms with Crippen LogP contribution in [0.25, 0.3) is 0 Å². The number of nitrogens with one attached hydrogen (secondary N) is 1. The van der Waals surface area contributed by atoms with Crippen molar-refractivity contribution in [1.82, 2.24) is 5.32 Å². The van der Waals surface area contributed by atoms with E-state index in [-0.39, 0.29) is 23.7 Å². The Bertz CT molecular complexity index is 627. The van der Waals surface area contributed by atoms with Crippen molar-refractivity contribution in [2.75, 3.05) is 5.75 Å². The van der Waals surface area contributed by atoms with Gasteiger partial charge in [-0.2, -0.15) is 0 Å². The number of benzene rings is 2. The molecular weight excluding hydrogens is 288 g/mol. The van der Waals surface area contributed by atoms with Crippen molar-refractivity contribution in [3.8, 4) is 0 Å². The summed E-state index contributed by atoms with van der Waals surface area (Å²) in [5, 5.41) is 3.54. The molecular formula is C17H17F2NS. The van der Waals surface area contributed by atoms with Crippen LogP contribution in [0.5, 0.6) is 0 Å². The van der Waals surface area contributed by atoms with Crippen molar-refractivity contribution in [1.29, 1.82) is 0 Å². The average molecular weight is 305 g/mol. The molecule has 0 saturated carbocycles. The second-order valence-corrected chi connectivity index (χ2v) is 6.39. The van der Waals surface area contributed by atoms with Crippen LogP contribution in [-0.2, 0) is 0 Å². The third kappa shape index (κ3) is 3.11. The minimum absolute atomic E-state index is 0.0924. The third-order valence-corrected chi connectivity index (χ3v) is 5.01. The maximum absolute atomic E-state index is 13.9. The highest BCUT2D eigenvalue weighted by molar-refractivity contribution is 7.99. The first kappa shape index (κ1) is 14.5. The molecule has 0 fully saturated rings. The van der Waals surface area contributed by atoms with Gasteiger partial charge in [0.15, 0.2) is 0 Å². The summed E-state index contributed by atoms with van der Waals surface area (Å²) in [5.74, 6) is 0.535. The topological polar surface area (TPSA) is 12.0 Å². The van der Waals surface area contributed by atoms with Gasteiger partial charge in [0.05, 0.1) is 0 Å². The van der Waals surface area contributed by atoms with Crippen molar-refractivity contribution >= 4 is 11.8 Å². The van der Waals surface area contributed by atoms with Crippen LogP contribution >= 0.6 is 11.8 Å². The van der Waals surface area contributed by atoms with E-state index in [2.05, 4.69) is 5.32 Å².